The molecule has 0 bridgehead atoms. The van der Waals surface area contributed by atoms with E-state index in [1.807, 2.05) is 18.7 Å². The molecule has 0 aromatic carbocycles. The molecule has 4 heterocycles. The van der Waals surface area contributed by atoms with Crippen molar-refractivity contribution >= 4 is 22.1 Å². The minimum absolute atomic E-state index is 0.929. The predicted molar refractivity (Wildman–Crippen MR) is 66.6 cm³/mol. The molecule has 3 aromatic rings. The van der Waals surface area contributed by atoms with E-state index in [0.29, 0.717) is 0 Å². The van der Waals surface area contributed by atoms with Crippen LogP contribution < -0.4 is 5.01 Å². The molecule has 0 spiro atoms. The Balaban J connectivity index is 2.05. The van der Waals surface area contributed by atoms with E-state index >= 15 is 0 Å². The third-order valence-electron chi connectivity index (χ3n) is 3.46. The molecule has 1 saturated heterocycles. The monoisotopic (exact) mass is 227 g/mol. The minimum atomic E-state index is 0.929. The van der Waals surface area contributed by atoms with Gasteiger partial charge in [-0.15, -0.1) is 0 Å². The van der Waals surface area contributed by atoms with Crippen LogP contribution in [0.5, 0.6) is 0 Å². The van der Waals surface area contributed by atoms with Gasteiger partial charge in [0, 0.05) is 24.7 Å². The highest BCUT2D eigenvalue weighted by molar-refractivity contribution is 6.01. The van der Waals surface area contributed by atoms with Crippen LogP contribution in [-0.2, 0) is 0 Å². The van der Waals surface area contributed by atoms with Crippen molar-refractivity contribution in [1.29, 1.82) is 0 Å². The fourth-order valence-corrected chi connectivity index (χ4v) is 2.62. The number of H-pyrrole nitrogens is 1. The van der Waals surface area contributed by atoms with Crippen LogP contribution in [0.1, 0.15) is 12.8 Å². The van der Waals surface area contributed by atoms with E-state index in [1.54, 1.807) is 0 Å². The zero-order chi connectivity index (χ0) is 11.2. The van der Waals surface area contributed by atoms with Gasteiger partial charge in [-0.3, -0.25) is 0 Å². The number of aromatic nitrogens is 4. The average Bonchev–Trinajstić information content (AvgIpc) is 3.08. The molecule has 4 rings (SSSR count). The largest absolute Gasteiger partial charge is 0.346 e. The molecule has 0 radical (unpaired) electrons. The van der Waals surface area contributed by atoms with Gasteiger partial charge in [-0.05, 0) is 18.9 Å². The average molecular weight is 227 g/mol. The summed E-state index contributed by atoms with van der Waals surface area (Å²) in [6.45, 7) is 2.22. The molecular formula is C12H13N5. The van der Waals surface area contributed by atoms with Crippen LogP contribution in [0, 0.1) is 0 Å². The van der Waals surface area contributed by atoms with Gasteiger partial charge in [0.15, 0.2) is 0 Å². The molecule has 3 aromatic heterocycles. The summed E-state index contributed by atoms with van der Waals surface area (Å²) in [7, 11) is 0. The lowest BCUT2D eigenvalue weighted by atomic mass is 10.3. The van der Waals surface area contributed by atoms with Gasteiger partial charge < -0.3 is 9.99 Å². The van der Waals surface area contributed by atoms with Crippen LogP contribution in [0.25, 0.3) is 22.1 Å². The number of hydrogen-bond donors (Lipinski definition) is 1. The first-order valence-corrected chi connectivity index (χ1v) is 5.98. The molecule has 5 nitrogen and oxygen atoms in total. The van der Waals surface area contributed by atoms with Gasteiger partial charge in [0.2, 0.25) is 0 Å². The van der Waals surface area contributed by atoms with E-state index in [-0.39, 0.29) is 0 Å². The lowest BCUT2D eigenvalue weighted by molar-refractivity contribution is 0.683. The van der Waals surface area contributed by atoms with E-state index in [2.05, 4.69) is 30.7 Å². The fraction of sp³-hybridized carbons (Fsp3) is 0.333. The Hall–Kier alpha value is -2.04. The number of hydrogen-bond acceptors (Lipinski definition) is 3. The summed E-state index contributed by atoms with van der Waals surface area (Å²) in [4.78, 5) is 11.9. The molecule has 0 unspecified atom stereocenters. The second kappa shape index (κ2) is 3.23. The molecule has 0 saturated carbocycles. The van der Waals surface area contributed by atoms with E-state index in [4.69, 9.17) is 0 Å². The molecule has 1 aliphatic rings. The standard InChI is InChI=1S/C12H13N5/c1-2-6-16(5-1)17-8-15-10-7-14-12-9(11(10)17)3-4-13-12/h3-4,7-8H,1-2,5-6H2,(H,13,14). The maximum atomic E-state index is 4.44. The Kier molecular flexibility index (Phi) is 1.72. The van der Waals surface area contributed by atoms with Crippen LogP contribution in [0.3, 0.4) is 0 Å². The van der Waals surface area contributed by atoms with Gasteiger partial charge in [-0.1, -0.05) is 0 Å². The second-order valence-electron chi connectivity index (χ2n) is 4.48. The van der Waals surface area contributed by atoms with E-state index < -0.39 is 0 Å². The molecule has 0 amide bonds. The van der Waals surface area contributed by atoms with Crippen LogP contribution in [-0.4, -0.2) is 32.7 Å². The molecule has 5 heteroatoms. The molecule has 86 valence electrons. The molecule has 0 atom stereocenters. The quantitative estimate of drug-likeness (QED) is 0.687. The minimum Gasteiger partial charge on any atom is -0.346 e. The number of nitrogens with zero attached hydrogens (tertiary/aromatic N) is 4. The van der Waals surface area contributed by atoms with Gasteiger partial charge in [-0.2, -0.15) is 0 Å². The van der Waals surface area contributed by atoms with Crippen molar-refractivity contribution in [1.82, 2.24) is 19.6 Å². The first kappa shape index (κ1) is 9.04. The van der Waals surface area contributed by atoms with Crippen LogP contribution in [0.2, 0.25) is 0 Å². The van der Waals surface area contributed by atoms with Crippen molar-refractivity contribution in [2.24, 2.45) is 0 Å². The molecule has 1 aliphatic heterocycles. The Morgan fingerprint density at radius 3 is 2.94 bits per heavy atom. The number of rotatable bonds is 1. The lowest BCUT2D eigenvalue weighted by Gasteiger charge is -2.19. The molecule has 0 aliphatic carbocycles. The van der Waals surface area contributed by atoms with Gasteiger partial charge in [-0.25, -0.2) is 14.6 Å². The van der Waals surface area contributed by atoms with Crippen molar-refractivity contribution in [3.8, 4) is 0 Å². The second-order valence-corrected chi connectivity index (χ2v) is 4.48. The predicted octanol–water partition coefficient (Wildman–Crippen LogP) is 1.64. The topological polar surface area (TPSA) is 49.7 Å². The van der Waals surface area contributed by atoms with Crippen LogP contribution >= 0.6 is 0 Å². The lowest BCUT2D eigenvalue weighted by Crippen LogP contribution is -2.30. The SMILES string of the molecule is c1cc2c(ncc3ncn(N4CCCC4)c32)[nH]1. The van der Waals surface area contributed by atoms with Gasteiger partial charge >= 0.3 is 0 Å². The number of fused-ring (bicyclic) bond motifs is 3. The Morgan fingerprint density at radius 1 is 1.18 bits per heavy atom. The third-order valence-corrected chi connectivity index (χ3v) is 3.46. The number of pyridine rings is 1. The van der Waals surface area contributed by atoms with Gasteiger partial charge in [0.1, 0.15) is 23.0 Å². The maximum Gasteiger partial charge on any atom is 0.139 e. The summed E-state index contributed by atoms with van der Waals surface area (Å²) in [5.41, 5.74) is 3.06. The Bertz CT molecular complexity index is 674. The summed E-state index contributed by atoms with van der Waals surface area (Å²) in [5.74, 6) is 0. The fourth-order valence-electron chi connectivity index (χ4n) is 2.62. The van der Waals surface area contributed by atoms with Crippen molar-refractivity contribution in [2.45, 2.75) is 12.8 Å². The zero-order valence-corrected chi connectivity index (χ0v) is 9.43. The number of imidazole rings is 1. The van der Waals surface area contributed by atoms with Gasteiger partial charge in [0.25, 0.3) is 0 Å². The van der Waals surface area contributed by atoms with Gasteiger partial charge in [0.05, 0.1) is 6.20 Å². The van der Waals surface area contributed by atoms with Crippen LogP contribution in [0.15, 0.2) is 24.8 Å². The highest BCUT2D eigenvalue weighted by Crippen LogP contribution is 2.23. The first-order valence-electron chi connectivity index (χ1n) is 5.98. The molecule has 17 heavy (non-hydrogen) atoms. The normalized spacial score (nSPS) is 16.4. The summed E-state index contributed by atoms with van der Waals surface area (Å²) in [6.07, 6.45) is 8.20. The summed E-state index contributed by atoms with van der Waals surface area (Å²) >= 11 is 0. The molecule has 1 N–H and O–H groups in total. The summed E-state index contributed by atoms with van der Waals surface area (Å²) in [6, 6.07) is 2.07. The number of nitrogens with one attached hydrogen (secondary N) is 1. The smallest absolute Gasteiger partial charge is 0.139 e. The summed E-state index contributed by atoms with van der Waals surface area (Å²) < 4.78 is 2.18. The van der Waals surface area contributed by atoms with Crippen molar-refractivity contribution < 1.29 is 0 Å². The van der Waals surface area contributed by atoms with Crippen molar-refractivity contribution in [3.63, 3.8) is 0 Å². The van der Waals surface area contributed by atoms with Crippen molar-refractivity contribution in [2.75, 3.05) is 18.1 Å². The van der Waals surface area contributed by atoms with E-state index in [9.17, 15) is 0 Å². The Labute approximate surface area is 98.0 Å². The third kappa shape index (κ3) is 1.19. The zero-order valence-electron chi connectivity index (χ0n) is 9.43. The van der Waals surface area contributed by atoms with E-state index in [1.165, 1.54) is 12.8 Å². The molecular weight excluding hydrogens is 214 g/mol. The highest BCUT2D eigenvalue weighted by Gasteiger charge is 2.16. The van der Waals surface area contributed by atoms with E-state index in [0.717, 1.165) is 35.2 Å². The highest BCUT2D eigenvalue weighted by atomic mass is 15.6. The number of aromatic amines is 1. The Morgan fingerprint density at radius 2 is 2.06 bits per heavy atom. The summed E-state index contributed by atoms with van der Waals surface area (Å²) in [5, 5.41) is 3.49. The van der Waals surface area contributed by atoms with Crippen molar-refractivity contribution in [3.05, 3.63) is 24.8 Å². The first-order chi connectivity index (χ1) is 8.43. The van der Waals surface area contributed by atoms with Crippen LogP contribution in [0.4, 0.5) is 0 Å². The molecule has 1 fully saturated rings. The maximum absolute atomic E-state index is 4.44.